The maximum Gasteiger partial charge on any atom is 0.239 e. The highest BCUT2D eigenvalue weighted by Gasteiger charge is 2.20. The maximum atomic E-state index is 9.02. The molecule has 0 atom stereocenters. The van der Waals surface area contributed by atoms with E-state index in [0.29, 0.717) is 11.3 Å². The molecular formula is C17H17ClN2O. The minimum Gasteiger partial charge on any atom is -0.437 e. The molecule has 0 aliphatic carbocycles. The number of aryl methyl sites for hydroxylation is 1. The third kappa shape index (κ3) is 3.34. The van der Waals surface area contributed by atoms with Crippen LogP contribution in [0.3, 0.4) is 0 Å². The molecule has 4 heteroatoms. The molecule has 21 heavy (non-hydrogen) atoms. The van der Waals surface area contributed by atoms with E-state index >= 15 is 0 Å². The molecule has 0 bridgehead atoms. The van der Waals surface area contributed by atoms with Gasteiger partial charge in [0.25, 0.3) is 0 Å². The van der Waals surface area contributed by atoms with Gasteiger partial charge < -0.3 is 4.74 Å². The third-order valence-corrected chi connectivity index (χ3v) is 3.49. The molecule has 0 N–H and O–H groups in total. The minimum atomic E-state index is -0.0671. The molecule has 0 saturated heterocycles. The SMILES string of the molecule is Cc1ccc(C(C)(C)C)c(Oc2nccc(C#N)c2Cl)c1. The van der Waals surface area contributed by atoms with E-state index in [1.807, 2.05) is 31.2 Å². The number of halogens is 1. The molecule has 0 spiro atoms. The van der Waals surface area contributed by atoms with Crippen LogP contribution in [0.1, 0.15) is 37.5 Å². The monoisotopic (exact) mass is 300 g/mol. The lowest BCUT2D eigenvalue weighted by molar-refractivity contribution is 0.439. The smallest absolute Gasteiger partial charge is 0.239 e. The Hall–Kier alpha value is -2.05. The highest BCUT2D eigenvalue weighted by atomic mass is 35.5. The van der Waals surface area contributed by atoms with Gasteiger partial charge >= 0.3 is 0 Å². The van der Waals surface area contributed by atoms with Crippen LogP contribution in [0.25, 0.3) is 0 Å². The summed E-state index contributed by atoms with van der Waals surface area (Å²) in [4.78, 5) is 4.13. The molecule has 0 fully saturated rings. The lowest BCUT2D eigenvalue weighted by Gasteiger charge is -2.23. The van der Waals surface area contributed by atoms with Crippen LogP contribution in [0.2, 0.25) is 5.02 Å². The van der Waals surface area contributed by atoms with Gasteiger partial charge in [-0.05, 0) is 30.0 Å². The van der Waals surface area contributed by atoms with Gasteiger partial charge in [-0.15, -0.1) is 0 Å². The van der Waals surface area contributed by atoms with E-state index in [4.69, 9.17) is 21.6 Å². The molecule has 0 aliphatic rings. The van der Waals surface area contributed by atoms with Crippen molar-refractivity contribution in [2.75, 3.05) is 0 Å². The Morgan fingerprint density at radius 1 is 1.24 bits per heavy atom. The van der Waals surface area contributed by atoms with Gasteiger partial charge in [-0.3, -0.25) is 0 Å². The van der Waals surface area contributed by atoms with Gasteiger partial charge in [-0.1, -0.05) is 44.5 Å². The zero-order chi connectivity index (χ0) is 15.6. The molecule has 0 aliphatic heterocycles. The normalized spacial score (nSPS) is 11.0. The summed E-state index contributed by atoms with van der Waals surface area (Å²) < 4.78 is 5.90. The van der Waals surface area contributed by atoms with Gasteiger partial charge in [0.2, 0.25) is 5.88 Å². The Morgan fingerprint density at radius 2 is 1.95 bits per heavy atom. The second-order valence-corrected chi connectivity index (χ2v) is 6.32. The Balaban J connectivity index is 2.50. The van der Waals surface area contributed by atoms with Crippen LogP contribution in [-0.4, -0.2) is 4.98 Å². The van der Waals surface area contributed by atoms with Crippen LogP contribution in [-0.2, 0) is 5.41 Å². The molecule has 108 valence electrons. The first kappa shape index (κ1) is 15.3. The van der Waals surface area contributed by atoms with Crippen molar-refractivity contribution in [1.29, 1.82) is 5.26 Å². The summed E-state index contributed by atoms with van der Waals surface area (Å²) >= 11 is 6.16. The first-order valence-electron chi connectivity index (χ1n) is 6.66. The molecule has 1 aromatic heterocycles. The standard InChI is InChI=1S/C17H17ClN2O/c1-11-5-6-13(17(2,3)4)14(9-11)21-16-15(18)12(10-19)7-8-20-16/h5-9H,1-4H3. The predicted octanol–water partition coefficient (Wildman–Crippen LogP) is 5.00. The summed E-state index contributed by atoms with van der Waals surface area (Å²) in [6.07, 6.45) is 1.52. The second-order valence-electron chi connectivity index (χ2n) is 5.94. The molecule has 2 aromatic rings. The van der Waals surface area contributed by atoms with Crippen LogP contribution in [0.5, 0.6) is 11.6 Å². The van der Waals surface area contributed by atoms with Crippen LogP contribution < -0.4 is 4.74 Å². The highest BCUT2D eigenvalue weighted by Crippen LogP contribution is 2.36. The van der Waals surface area contributed by atoms with Crippen LogP contribution >= 0.6 is 11.6 Å². The first-order valence-corrected chi connectivity index (χ1v) is 7.04. The number of benzene rings is 1. The molecule has 1 aromatic carbocycles. The number of ether oxygens (including phenoxy) is 1. The minimum absolute atomic E-state index is 0.0671. The van der Waals surface area contributed by atoms with Gasteiger partial charge in [0.15, 0.2) is 0 Å². The summed E-state index contributed by atoms with van der Waals surface area (Å²) in [5.74, 6) is 0.971. The Morgan fingerprint density at radius 3 is 2.57 bits per heavy atom. The zero-order valence-electron chi connectivity index (χ0n) is 12.6. The van der Waals surface area contributed by atoms with Gasteiger partial charge in [0.1, 0.15) is 16.8 Å². The van der Waals surface area contributed by atoms with E-state index in [2.05, 4.69) is 25.8 Å². The number of aromatic nitrogens is 1. The molecule has 2 rings (SSSR count). The van der Waals surface area contributed by atoms with Crippen molar-refractivity contribution < 1.29 is 4.74 Å². The number of hydrogen-bond donors (Lipinski definition) is 0. The summed E-state index contributed by atoms with van der Waals surface area (Å²) in [6, 6.07) is 9.65. The number of hydrogen-bond acceptors (Lipinski definition) is 3. The fraction of sp³-hybridized carbons (Fsp3) is 0.294. The maximum absolute atomic E-state index is 9.02. The van der Waals surface area contributed by atoms with Crippen molar-refractivity contribution in [1.82, 2.24) is 4.98 Å². The van der Waals surface area contributed by atoms with Crippen LogP contribution in [0.15, 0.2) is 30.5 Å². The summed E-state index contributed by atoms with van der Waals surface area (Å²) in [7, 11) is 0. The molecule has 0 amide bonds. The van der Waals surface area contributed by atoms with Crippen LogP contribution in [0, 0.1) is 18.3 Å². The van der Waals surface area contributed by atoms with Gasteiger partial charge in [0.05, 0.1) is 5.56 Å². The van der Waals surface area contributed by atoms with E-state index in [1.165, 1.54) is 6.20 Å². The van der Waals surface area contributed by atoms with Crippen molar-refractivity contribution in [3.63, 3.8) is 0 Å². The van der Waals surface area contributed by atoms with Crippen molar-refractivity contribution in [2.45, 2.75) is 33.1 Å². The number of nitrogens with zero attached hydrogens (tertiary/aromatic N) is 2. The summed E-state index contributed by atoms with van der Waals surface area (Å²) in [6.45, 7) is 8.35. The fourth-order valence-corrected chi connectivity index (χ4v) is 2.21. The lowest BCUT2D eigenvalue weighted by Crippen LogP contribution is -2.12. The van der Waals surface area contributed by atoms with Gasteiger partial charge in [0, 0.05) is 11.8 Å². The molecule has 0 saturated carbocycles. The Labute approximate surface area is 130 Å². The highest BCUT2D eigenvalue weighted by molar-refractivity contribution is 6.33. The van der Waals surface area contributed by atoms with Crippen molar-refractivity contribution in [3.8, 4) is 17.7 Å². The molecule has 0 radical (unpaired) electrons. The van der Waals surface area contributed by atoms with E-state index in [0.717, 1.165) is 11.1 Å². The van der Waals surface area contributed by atoms with E-state index in [9.17, 15) is 0 Å². The summed E-state index contributed by atoms with van der Waals surface area (Å²) in [5.41, 5.74) is 2.44. The third-order valence-electron chi connectivity index (χ3n) is 3.13. The molecule has 1 heterocycles. The number of rotatable bonds is 2. The van der Waals surface area contributed by atoms with Crippen LogP contribution in [0.4, 0.5) is 0 Å². The average Bonchev–Trinajstić information content (AvgIpc) is 2.40. The van der Waals surface area contributed by atoms with Crippen molar-refractivity contribution in [3.05, 3.63) is 52.2 Å². The van der Waals surface area contributed by atoms with Crippen molar-refractivity contribution in [2.24, 2.45) is 0 Å². The zero-order valence-corrected chi connectivity index (χ0v) is 13.3. The van der Waals surface area contributed by atoms with E-state index in [-0.39, 0.29) is 16.3 Å². The molecule has 3 nitrogen and oxygen atoms in total. The quantitative estimate of drug-likeness (QED) is 0.783. The largest absolute Gasteiger partial charge is 0.437 e. The number of pyridine rings is 1. The van der Waals surface area contributed by atoms with E-state index < -0.39 is 0 Å². The van der Waals surface area contributed by atoms with Gasteiger partial charge in [-0.25, -0.2) is 4.98 Å². The molecule has 0 unspecified atom stereocenters. The second kappa shape index (κ2) is 5.75. The van der Waals surface area contributed by atoms with Crippen molar-refractivity contribution >= 4 is 11.6 Å². The van der Waals surface area contributed by atoms with E-state index in [1.54, 1.807) is 6.07 Å². The Kier molecular flexibility index (Phi) is 4.20. The molecular weight excluding hydrogens is 284 g/mol. The topological polar surface area (TPSA) is 45.9 Å². The first-order chi connectivity index (χ1) is 9.82. The van der Waals surface area contributed by atoms with Gasteiger partial charge in [-0.2, -0.15) is 5.26 Å². The lowest BCUT2D eigenvalue weighted by atomic mass is 9.86. The summed E-state index contributed by atoms with van der Waals surface area (Å²) in [5, 5.41) is 9.26. The predicted molar refractivity (Wildman–Crippen MR) is 83.9 cm³/mol. The fourth-order valence-electron chi connectivity index (χ4n) is 2.02. The number of nitriles is 1. The Bertz CT molecular complexity index is 712. The average molecular weight is 301 g/mol.